The zero-order chi connectivity index (χ0) is 19.4. The van der Waals surface area contributed by atoms with E-state index < -0.39 is 6.10 Å². The quantitative estimate of drug-likeness (QED) is 0.577. The largest absolute Gasteiger partial charge is 0.466 e. The lowest BCUT2D eigenvalue weighted by atomic mass is 10.4. The van der Waals surface area contributed by atoms with Gasteiger partial charge in [-0.05, 0) is 41.5 Å². The van der Waals surface area contributed by atoms with Crippen LogP contribution in [-0.4, -0.2) is 74.1 Å². The Labute approximate surface area is 147 Å². The molecule has 0 aromatic carbocycles. The van der Waals surface area contributed by atoms with Gasteiger partial charge in [0.05, 0.1) is 44.7 Å². The molecule has 0 aliphatic heterocycles. The summed E-state index contributed by atoms with van der Waals surface area (Å²) in [6.45, 7) is 15.4. The molecule has 2 N–H and O–H groups in total. The predicted octanol–water partition coefficient (Wildman–Crippen LogP) is 1.78. The van der Waals surface area contributed by atoms with E-state index >= 15 is 0 Å². The molecule has 0 radical (unpaired) electrons. The van der Waals surface area contributed by atoms with Crippen LogP contribution in [0.2, 0.25) is 0 Å². The van der Waals surface area contributed by atoms with Crippen molar-refractivity contribution in [2.45, 2.75) is 66.8 Å². The molecule has 0 amide bonds. The lowest BCUT2D eigenvalue weighted by Crippen LogP contribution is -2.24. The summed E-state index contributed by atoms with van der Waals surface area (Å²) in [7, 11) is 0. The summed E-state index contributed by atoms with van der Waals surface area (Å²) in [4.78, 5) is 9.82. The molecule has 24 heavy (non-hydrogen) atoms. The van der Waals surface area contributed by atoms with E-state index in [1.165, 1.54) is 6.92 Å². The highest BCUT2D eigenvalue weighted by Gasteiger charge is 2.06. The molecule has 7 heteroatoms. The summed E-state index contributed by atoms with van der Waals surface area (Å²) in [5, 5.41) is 17.6. The van der Waals surface area contributed by atoms with Gasteiger partial charge in [-0.2, -0.15) is 0 Å². The van der Waals surface area contributed by atoms with Gasteiger partial charge in [-0.15, -0.1) is 0 Å². The standard InChI is InChI=1S/C9H20O4.C4H8O2.C4H10O/c1-7(11)5-12-9(3)6-13-8(2)4-10;1-3-6-4(2)5;1-3-5-4-2/h7-11H,4-6H2,1-3H3;3H2,1-2H3;3-4H2,1-2H3. The molecule has 0 bridgehead atoms. The highest BCUT2D eigenvalue weighted by atomic mass is 16.5. The summed E-state index contributed by atoms with van der Waals surface area (Å²) < 4.78 is 19.7. The Kier molecular flexibility index (Phi) is 26.1. The number of carbonyl (C=O) groups is 1. The number of esters is 1. The third kappa shape index (κ3) is 33.0. The van der Waals surface area contributed by atoms with Gasteiger partial charge in [-0.3, -0.25) is 4.79 Å². The van der Waals surface area contributed by atoms with Crippen molar-refractivity contribution in [3.63, 3.8) is 0 Å². The number of rotatable bonds is 10. The topological polar surface area (TPSA) is 94.5 Å². The summed E-state index contributed by atoms with van der Waals surface area (Å²) in [5.41, 5.74) is 0. The van der Waals surface area contributed by atoms with Crippen molar-refractivity contribution in [1.82, 2.24) is 0 Å². The van der Waals surface area contributed by atoms with Crippen molar-refractivity contribution in [1.29, 1.82) is 0 Å². The van der Waals surface area contributed by atoms with Gasteiger partial charge in [-0.25, -0.2) is 0 Å². The normalized spacial score (nSPS) is 13.5. The maximum Gasteiger partial charge on any atom is 0.302 e. The van der Waals surface area contributed by atoms with E-state index in [9.17, 15) is 4.79 Å². The van der Waals surface area contributed by atoms with E-state index in [4.69, 9.17) is 24.4 Å². The molecule has 0 aliphatic rings. The average molecular weight is 354 g/mol. The lowest BCUT2D eigenvalue weighted by Gasteiger charge is -2.16. The molecule has 0 aromatic rings. The van der Waals surface area contributed by atoms with Crippen molar-refractivity contribution >= 4 is 5.97 Å². The molecule has 0 rings (SSSR count). The van der Waals surface area contributed by atoms with Crippen LogP contribution in [0.4, 0.5) is 0 Å². The monoisotopic (exact) mass is 354 g/mol. The van der Waals surface area contributed by atoms with Gasteiger partial charge >= 0.3 is 5.97 Å². The Morgan fingerprint density at radius 3 is 1.67 bits per heavy atom. The third-order valence-electron chi connectivity index (χ3n) is 2.25. The number of aliphatic hydroxyl groups is 2. The Balaban J connectivity index is -0.000000332. The van der Waals surface area contributed by atoms with Crippen molar-refractivity contribution in [2.75, 3.05) is 39.6 Å². The molecule has 0 spiro atoms. The zero-order valence-electron chi connectivity index (χ0n) is 16.4. The molecule has 3 atom stereocenters. The van der Waals surface area contributed by atoms with E-state index in [0.29, 0.717) is 19.8 Å². The first-order valence-electron chi connectivity index (χ1n) is 8.48. The molecular weight excluding hydrogens is 316 g/mol. The van der Waals surface area contributed by atoms with Crippen LogP contribution in [0, 0.1) is 0 Å². The molecule has 7 nitrogen and oxygen atoms in total. The smallest absolute Gasteiger partial charge is 0.302 e. The van der Waals surface area contributed by atoms with Crippen LogP contribution in [0.25, 0.3) is 0 Å². The van der Waals surface area contributed by atoms with Crippen molar-refractivity contribution in [3.05, 3.63) is 0 Å². The van der Waals surface area contributed by atoms with E-state index in [-0.39, 0.29) is 24.8 Å². The average Bonchev–Trinajstić information content (AvgIpc) is 2.52. The van der Waals surface area contributed by atoms with Crippen LogP contribution in [0.3, 0.4) is 0 Å². The Hall–Kier alpha value is -0.730. The minimum absolute atomic E-state index is 0.0170. The molecule has 0 fully saturated rings. The van der Waals surface area contributed by atoms with Crippen LogP contribution < -0.4 is 0 Å². The van der Waals surface area contributed by atoms with Crippen LogP contribution in [0.15, 0.2) is 0 Å². The van der Waals surface area contributed by atoms with Crippen molar-refractivity contribution in [2.24, 2.45) is 0 Å². The van der Waals surface area contributed by atoms with Crippen molar-refractivity contribution in [3.8, 4) is 0 Å². The SMILES string of the molecule is CC(O)COC(C)COC(C)CO.CCOC(C)=O.CCOCC. The maximum absolute atomic E-state index is 9.82. The van der Waals surface area contributed by atoms with Gasteiger partial charge in [0.1, 0.15) is 0 Å². The van der Waals surface area contributed by atoms with E-state index in [1.54, 1.807) is 20.8 Å². The molecule has 0 aliphatic carbocycles. The Bertz CT molecular complexity index is 245. The summed E-state index contributed by atoms with van der Waals surface area (Å²) in [6, 6.07) is 0. The zero-order valence-corrected chi connectivity index (χ0v) is 16.4. The first-order valence-corrected chi connectivity index (χ1v) is 8.48. The second-order valence-corrected chi connectivity index (χ2v) is 5.03. The minimum atomic E-state index is -0.447. The van der Waals surface area contributed by atoms with Crippen LogP contribution in [-0.2, 0) is 23.7 Å². The highest BCUT2D eigenvalue weighted by Crippen LogP contribution is 1.97. The van der Waals surface area contributed by atoms with E-state index in [0.717, 1.165) is 13.2 Å². The van der Waals surface area contributed by atoms with Gasteiger partial charge in [0.2, 0.25) is 0 Å². The second kappa shape index (κ2) is 22.3. The molecule has 3 unspecified atom stereocenters. The molecule has 0 saturated carbocycles. The number of ether oxygens (including phenoxy) is 4. The van der Waals surface area contributed by atoms with Gasteiger partial charge < -0.3 is 29.2 Å². The number of carbonyl (C=O) groups excluding carboxylic acids is 1. The van der Waals surface area contributed by atoms with E-state index in [2.05, 4.69) is 4.74 Å². The fraction of sp³-hybridized carbons (Fsp3) is 0.941. The molecule has 148 valence electrons. The third-order valence-corrected chi connectivity index (χ3v) is 2.25. The first kappa shape index (κ1) is 28.1. The maximum atomic E-state index is 9.82. The fourth-order valence-electron chi connectivity index (χ4n) is 1.11. The molecule has 0 heterocycles. The minimum Gasteiger partial charge on any atom is -0.466 e. The van der Waals surface area contributed by atoms with Crippen LogP contribution >= 0.6 is 0 Å². The highest BCUT2D eigenvalue weighted by molar-refractivity contribution is 5.65. The first-order chi connectivity index (χ1) is 11.2. The van der Waals surface area contributed by atoms with Crippen molar-refractivity contribution < 1.29 is 34.0 Å². The summed E-state index contributed by atoms with van der Waals surface area (Å²) in [5.74, 6) is -0.211. The van der Waals surface area contributed by atoms with Crippen LogP contribution in [0.1, 0.15) is 48.5 Å². The molecule has 0 saturated heterocycles. The van der Waals surface area contributed by atoms with Gasteiger partial charge in [0, 0.05) is 20.1 Å². The lowest BCUT2D eigenvalue weighted by molar-refractivity contribution is -0.140. The van der Waals surface area contributed by atoms with E-state index in [1.807, 2.05) is 20.8 Å². The summed E-state index contributed by atoms with van der Waals surface area (Å²) in [6.07, 6.45) is -0.654. The van der Waals surface area contributed by atoms with Gasteiger partial charge in [0.25, 0.3) is 0 Å². The summed E-state index contributed by atoms with van der Waals surface area (Å²) >= 11 is 0. The Morgan fingerprint density at radius 1 is 0.917 bits per heavy atom. The van der Waals surface area contributed by atoms with Crippen LogP contribution in [0.5, 0.6) is 0 Å². The van der Waals surface area contributed by atoms with Gasteiger partial charge in [-0.1, -0.05) is 0 Å². The fourth-order valence-corrected chi connectivity index (χ4v) is 1.11. The number of hydrogen-bond donors (Lipinski definition) is 2. The molecule has 0 aromatic heterocycles. The number of aliphatic hydroxyl groups excluding tert-OH is 2. The second-order valence-electron chi connectivity index (χ2n) is 5.03. The Morgan fingerprint density at radius 2 is 1.42 bits per heavy atom. The number of hydrogen-bond acceptors (Lipinski definition) is 7. The molecular formula is C17H38O7. The predicted molar refractivity (Wildman–Crippen MR) is 94.1 cm³/mol. The van der Waals surface area contributed by atoms with Gasteiger partial charge in [0.15, 0.2) is 0 Å².